The molecule has 2 aromatic carbocycles. The summed E-state index contributed by atoms with van der Waals surface area (Å²) in [6.07, 6.45) is 9.21. The minimum Gasteiger partial charge on any atom is -0.273 e. The maximum absolute atomic E-state index is 13.7. The Morgan fingerprint density at radius 1 is 0.917 bits per heavy atom. The van der Waals surface area contributed by atoms with Gasteiger partial charge in [-0.25, -0.2) is 5.01 Å². The molecule has 1 aliphatic heterocycles. The standard InChI is InChI=1S/C27H28N4O5/c32-27(19-8-2-1-3-9-19)29-26(21-11-5-13-23(17-21)31(35)36)24-14-6-10-20(25(24)28-29)15-18-7-4-12-22(16-18)30(33)34/h4-5,7,11-13,15-17,19,24,26H,1-3,6,8-10,14H2/b20-15+/t24-,26+/m0/s1. The van der Waals surface area contributed by atoms with Crippen LogP contribution >= 0.6 is 0 Å². The van der Waals surface area contributed by atoms with Crippen molar-refractivity contribution in [2.45, 2.75) is 57.4 Å². The van der Waals surface area contributed by atoms with Crippen molar-refractivity contribution in [3.63, 3.8) is 0 Å². The summed E-state index contributed by atoms with van der Waals surface area (Å²) < 4.78 is 0. The van der Waals surface area contributed by atoms with Gasteiger partial charge in [-0.2, -0.15) is 5.10 Å². The minimum absolute atomic E-state index is 0.00538. The van der Waals surface area contributed by atoms with Crippen LogP contribution < -0.4 is 0 Å². The summed E-state index contributed by atoms with van der Waals surface area (Å²) >= 11 is 0. The lowest BCUT2D eigenvalue weighted by molar-refractivity contribution is -0.385. The molecule has 1 amide bonds. The van der Waals surface area contributed by atoms with E-state index in [0.717, 1.165) is 62.7 Å². The van der Waals surface area contributed by atoms with Crippen LogP contribution in [0, 0.1) is 32.1 Å². The monoisotopic (exact) mass is 488 g/mol. The van der Waals surface area contributed by atoms with Gasteiger partial charge in [0, 0.05) is 36.1 Å². The number of rotatable bonds is 5. The highest BCUT2D eigenvalue weighted by Gasteiger charge is 2.45. The van der Waals surface area contributed by atoms with Crippen molar-refractivity contribution in [2.75, 3.05) is 0 Å². The molecule has 9 nitrogen and oxygen atoms in total. The normalized spacial score (nSPS) is 23.3. The average molecular weight is 489 g/mol. The highest BCUT2D eigenvalue weighted by molar-refractivity contribution is 6.08. The fraction of sp³-hybridized carbons (Fsp3) is 0.407. The Bertz CT molecular complexity index is 1260. The third-order valence-corrected chi connectivity index (χ3v) is 7.53. The number of carbonyl (C=O) groups is 1. The molecular formula is C27H28N4O5. The average Bonchev–Trinajstić information content (AvgIpc) is 3.29. The highest BCUT2D eigenvalue weighted by Crippen LogP contribution is 2.46. The van der Waals surface area contributed by atoms with E-state index in [1.54, 1.807) is 23.2 Å². The molecule has 9 heteroatoms. The number of nitrogens with zero attached hydrogens (tertiary/aromatic N) is 4. The largest absolute Gasteiger partial charge is 0.273 e. The zero-order chi connectivity index (χ0) is 25.2. The summed E-state index contributed by atoms with van der Waals surface area (Å²) in [7, 11) is 0. The van der Waals surface area contributed by atoms with Crippen molar-refractivity contribution in [3.05, 3.63) is 85.5 Å². The molecule has 2 aromatic rings. The van der Waals surface area contributed by atoms with Crippen molar-refractivity contribution < 1.29 is 14.6 Å². The van der Waals surface area contributed by atoms with Crippen LogP contribution in [0.15, 0.2) is 59.2 Å². The first-order valence-corrected chi connectivity index (χ1v) is 12.5. The molecule has 0 N–H and O–H groups in total. The zero-order valence-electron chi connectivity index (χ0n) is 19.9. The molecule has 0 aromatic heterocycles. The van der Waals surface area contributed by atoms with Crippen molar-refractivity contribution in [1.29, 1.82) is 0 Å². The number of hydrogen-bond donors (Lipinski definition) is 0. The third-order valence-electron chi connectivity index (χ3n) is 7.53. The van der Waals surface area contributed by atoms with Gasteiger partial charge in [0.25, 0.3) is 11.4 Å². The summed E-state index contributed by atoms with van der Waals surface area (Å²) in [6, 6.07) is 12.6. The van der Waals surface area contributed by atoms with Crippen LogP contribution in [0.3, 0.4) is 0 Å². The second kappa shape index (κ2) is 10.0. The highest BCUT2D eigenvalue weighted by atomic mass is 16.6. The fourth-order valence-corrected chi connectivity index (χ4v) is 5.80. The molecule has 0 spiro atoms. The number of non-ortho nitro benzene ring substituents is 2. The summed E-state index contributed by atoms with van der Waals surface area (Å²) in [4.78, 5) is 35.6. The second-order valence-corrected chi connectivity index (χ2v) is 9.82. The van der Waals surface area contributed by atoms with Crippen LogP contribution in [0.25, 0.3) is 6.08 Å². The number of carbonyl (C=O) groups excluding carboxylic acids is 1. The first-order valence-electron chi connectivity index (χ1n) is 12.5. The van der Waals surface area contributed by atoms with Gasteiger partial charge in [0.1, 0.15) is 0 Å². The molecule has 186 valence electrons. The van der Waals surface area contributed by atoms with Crippen LogP contribution in [-0.2, 0) is 4.79 Å². The molecule has 5 rings (SSSR count). The SMILES string of the molecule is O=C(C1CCCCC1)N1N=C2/C(=C/c3cccc([N+](=O)[O-])c3)CCC[C@@H]2[C@H]1c1cccc([N+](=O)[O-])c1. The molecule has 2 aliphatic carbocycles. The maximum atomic E-state index is 13.7. The van der Waals surface area contributed by atoms with Gasteiger partial charge >= 0.3 is 0 Å². The molecule has 3 aliphatic rings. The second-order valence-electron chi connectivity index (χ2n) is 9.82. The van der Waals surface area contributed by atoms with Crippen molar-refractivity contribution >= 4 is 29.1 Å². The number of hydrazone groups is 1. The number of allylic oxidation sites excluding steroid dienone is 1. The van der Waals surface area contributed by atoms with E-state index < -0.39 is 15.9 Å². The van der Waals surface area contributed by atoms with Crippen molar-refractivity contribution in [1.82, 2.24) is 5.01 Å². The van der Waals surface area contributed by atoms with Crippen LogP contribution in [-0.4, -0.2) is 26.5 Å². The fourth-order valence-electron chi connectivity index (χ4n) is 5.80. The number of nitro benzene ring substituents is 2. The first kappa shape index (κ1) is 23.8. The third kappa shape index (κ3) is 4.65. The number of hydrogen-bond acceptors (Lipinski definition) is 6. The predicted molar refractivity (Wildman–Crippen MR) is 135 cm³/mol. The van der Waals surface area contributed by atoms with E-state index in [4.69, 9.17) is 5.10 Å². The molecule has 36 heavy (non-hydrogen) atoms. The van der Waals surface area contributed by atoms with E-state index in [2.05, 4.69) is 0 Å². The predicted octanol–water partition coefficient (Wildman–Crippen LogP) is 6.21. The molecule has 0 bridgehead atoms. The molecule has 0 unspecified atom stereocenters. The van der Waals surface area contributed by atoms with E-state index in [-0.39, 0.29) is 29.1 Å². The molecule has 0 saturated heterocycles. The van der Waals surface area contributed by atoms with Gasteiger partial charge in [-0.3, -0.25) is 25.0 Å². The summed E-state index contributed by atoms with van der Waals surface area (Å²) in [5, 5.41) is 29.2. The van der Waals surface area contributed by atoms with E-state index in [1.807, 2.05) is 18.2 Å². The van der Waals surface area contributed by atoms with Gasteiger partial charge < -0.3 is 0 Å². The Hall–Kier alpha value is -3.88. The first-order chi connectivity index (χ1) is 17.4. The molecule has 0 radical (unpaired) electrons. The smallest absolute Gasteiger partial charge is 0.270 e. The topological polar surface area (TPSA) is 119 Å². The Morgan fingerprint density at radius 3 is 2.33 bits per heavy atom. The summed E-state index contributed by atoms with van der Waals surface area (Å²) in [5.41, 5.74) is 3.22. The van der Waals surface area contributed by atoms with Crippen LogP contribution in [0.4, 0.5) is 11.4 Å². The lowest BCUT2D eigenvalue weighted by atomic mass is 9.77. The van der Waals surface area contributed by atoms with E-state index in [1.165, 1.54) is 18.2 Å². The van der Waals surface area contributed by atoms with Crippen LogP contribution in [0.1, 0.15) is 68.5 Å². The molecule has 2 atom stereocenters. The van der Waals surface area contributed by atoms with Gasteiger partial charge in [0.05, 0.1) is 21.6 Å². The lowest BCUT2D eigenvalue weighted by Crippen LogP contribution is -2.36. The van der Waals surface area contributed by atoms with E-state index >= 15 is 0 Å². The van der Waals surface area contributed by atoms with Gasteiger partial charge in [-0.15, -0.1) is 0 Å². The Balaban J connectivity index is 1.55. The Kier molecular flexibility index (Phi) is 6.63. The van der Waals surface area contributed by atoms with Gasteiger partial charge in [0.15, 0.2) is 0 Å². The number of nitro groups is 2. The summed E-state index contributed by atoms with van der Waals surface area (Å²) in [6.45, 7) is 0. The number of benzene rings is 2. The van der Waals surface area contributed by atoms with Gasteiger partial charge in [0.2, 0.25) is 5.91 Å². The van der Waals surface area contributed by atoms with Gasteiger partial charge in [-0.1, -0.05) is 43.5 Å². The molecular weight excluding hydrogens is 460 g/mol. The summed E-state index contributed by atoms with van der Waals surface area (Å²) in [5.74, 6) is -0.185. The quantitative estimate of drug-likeness (QED) is 0.366. The molecule has 2 saturated carbocycles. The van der Waals surface area contributed by atoms with Gasteiger partial charge in [-0.05, 0) is 54.9 Å². The minimum atomic E-state index is -0.415. The molecule has 2 fully saturated rings. The van der Waals surface area contributed by atoms with Crippen molar-refractivity contribution in [3.8, 4) is 0 Å². The number of fused-ring (bicyclic) bond motifs is 1. The van der Waals surface area contributed by atoms with E-state index in [0.29, 0.717) is 11.1 Å². The lowest BCUT2D eigenvalue weighted by Gasteiger charge is -2.32. The van der Waals surface area contributed by atoms with Crippen LogP contribution in [0.5, 0.6) is 0 Å². The van der Waals surface area contributed by atoms with Crippen molar-refractivity contribution in [2.24, 2.45) is 16.9 Å². The Morgan fingerprint density at radius 2 is 1.61 bits per heavy atom. The molecule has 1 heterocycles. The zero-order valence-corrected chi connectivity index (χ0v) is 19.9. The Labute approximate surface area is 208 Å². The maximum Gasteiger partial charge on any atom is 0.270 e. The van der Waals surface area contributed by atoms with E-state index in [9.17, 15) is 25.0 Å². The number of amides is 1. The van der Waals surface area contributed by atoms with Crippen LogP contribution in [0.2, 0.25) is 0 Å².